The Morgan fingerprint density at radius 1 is 1.11 bits per heavy atom. The van der Waals surface area contributed by atoms with E-state index in [9.17, 15) is 9.59 Å². The summed E-state index contributed by atoms with van der Waals surface area (Å²) in [6.07, 6.45) is 0.583. The van der Waals surface area contributed by atoms with Crippen LogP contribution in [0.2, 0.25) is 0 Å². The summed E-state index contributed by atoms with van der Waals surface area (Å²) in [6, 6.07) is 7.52. The molecule has 0 saturated heterocycles. The highest BCUT2D eigenvalue weighted by atomic mass is 32.1. The quantitative estimate of drug-likeness (QED) is 0.515. The number of benzene rings is 1. The van der Waals surface area contributed by atoms with Gasteiger partial charge in [-0.05, 0) is 49.4 Å². The number of hydrogen-bond donors (Lipinski definition) is 1. The summed E-state index contributed by atoms with van der Waals surface area (Å²) < 4.78 is 14.8. The van der Waals surface area contributed by atoms with E-state index in [2.05, 4.69) is 10.2 Å². The van der Waals surface area contributed by atoms with Crippen molar-refractivity contribution in [3.63, 3.8) is 0 Å². The van der Waals surface area contributed by atoms with Crippen molar-refractivity contribution in [3.8, 4) is 11.5 Å². The standard InChI is InChI=1S/C19H20N4O4S/c1-3-26-14-6-5-12(11-15(14)27-4-2)7-9-22-17(24)16-13(8-10-28-16)23-18(22)20-21-19(23)25/h5-6,8,10-11H,3-4,7,9H2,1-2H3,(H,21,25). The van der Waals surface area contributed by atoms with E-state index >= 15 is 0 Å². The van der Waals surface area contributed by atoms with E-state index in [0.717, 1.165) is 5.56 Å². The zero-order chi connectivity index (χ0) is 19.7. The average molecular weight is 400 g/mol. The maximum Gasteiger partial charge on any atom is 0.349 e. The number of nitrogens with one attached hydrogen (secondary N) is 1. The average Bonchev–Trinajstić information content (AvgIpc) is 3.31. The van der Waals surface area contributed by atoms with Crippen molar-refractivity contribution < 1.29 is 9.47 Å². The molecular weight excluding hydrogens is 380 g/mol. The fraction of sp³-hybridized carbons (Fsp3) is 0.316. The summed E-state index contributed by atoms with van der Waals surface area (Å²) in [5.41, 5.74) is 1.08. The molecule has 0 amide bonds. The topological polar surface area (TPSA) is 90.6 Å². The van der Waals surface area contributed by atoms with Crippen LogP contribution in [0.25, 0.3) is 16.0 Å². The van der Waals surface area contributed by atoms with Crippen LogP contribution in [0.15, 0.2) is 39.2 Å². The minimum atomic E-state index is -0.355. The highest BCUT2D eigenvalue weighted by Gasteiger charge is 2.15. The van der Waals surface area contributed by atoms with Crippen molar-refractivity contribution in [2.45, 2.75) is 26.8 Å². The molecular formula is C19H20N4O4S. The lowest BCUT2D eigenvalue weighted by atomic mass is 10.1. The van der Waals surface area contributed by atoms with Crippen LogP contribution in [0.1, 0.15) is 19.4 Å². The van der Waals surface area contributed by atoms with E-state index in [1.165, 1.54) is 20.3 Å². The maximum atomic E-state index is 12.9. The van der Waals surface area contributed by atoms with E-state index in [0.29, 0.717) is 53.7 Å². The zero-order valence-corrected chi connectivity index (χ0v) is 16.4. The van der Waals surface area contributed by atoms with Crippen LogP contribution >= 0.6 is 11.3 Å². The van der Waals surface area contributed by atoms with Crippen molar-refractivity contribution in [2.75, 3.05) is 13.2 Å². The molecule has 8 nitrogen and oxygen atoms in total. The summed E-state index contributed by atoms with van der Waals surface area (Å²) >= 11 is 1.32. The zero-order valence-electron chi connectivity index (χ0n) is 15.6. The van der Waals surface area contributed by atoms with Gasteiger partial charge in [-0.25, -0.2) is 14.3 Å². The van der Waals surface area contributed by atoms with Crippen LogP contribution < -0.4 is 20.7 Å². The van der Waals surface area contributed by atoms with E-state index in [-0.39, 0.29) is 11.2 Å². The van der Waals surface area contributed by atoms with Gasteiger partial charge in [0.2, 0.25) is 5.78 Å². The first-order valence-corrected chi connectivity index (χ1v) is 9.97. The Kier molecular flexibility index (Phi) is 4.91. The molecule has 9 heteroatoms. The molecule has 0 spiro atoms. The first-order chi connectivity index (χ1) is 13.6. The highest BCUT2D eigenvalue weighted by Crippen LogP contribution is 2.29. The Morgan fingerprint density at radius 3 is 2.68 bits per heavy atom. The summed E-state index contributed by atoms with van der Waals surface area (Å²) in [4.78, 5) is 25.0. The van der Waals surface area contributed by atoms with Crippen LogP contribution in [0.3, 0.4) is 0 Å². The minimum Gasteiger partial charge on any atom is -0.490 e. The molecule has 0 radical (unpaired) electrons. The second-order valence-electron chi connectivity index (χ2n) is 6.15. The number of aromatic nitrogens is 4. The predicted octanol–water partition coefficient (Wildman–Crippen LogP) is 2.44. The minimum absolute atomic E-state index is 0.146. The number of H-pyrrole nitrogens is 1. The van der Waals surface area contributed by atoms with Crippen molar-refractivity contribution in [1.29, 1.82) is 0 Å². The van der Waals surface area contributed by atoms with E-state index < -0.39 is 0 Å². The van der Waals surface area contributed by atoms with Gasteiger partial charge < -0.3 is 9.47 Å². The molecule has 3 aromatic heterocycles. The summed E-state index contributed by atoms with van der Waals surface area (Å²) in [5.74, 6) is 1.70. The lowest BCUT2D eigenvalue weighted by Crippen LogP contribution is -2.25. The molecule has 1 N–H and O–H groups in total. The molecule has 0 aliphatic rings. The first kappa shape index (κ1) is 18.3. The lowest BCUT2D eigenvalue weighted by molar-refractivity contribution is 0.287. The molecule has 0 saturated carbocycles. The third-order valence-corrected chi connectivity index (χ3v) is 5.34. The SMILES string of the molecule is CCOc1ccc(CCn2c(=O)c3sccc3n3c(=O)[nH]nc23)cc1OCC. The van der Waals surface area contributed by atoms with Crippen LogP contribution in [0.5, 0.6) is 11.5 Å². The molecule has 146 valence electrons. The fourth-order valence-electron chi connectivity index (χ4n) is 3.23. The number of fused-ring (bicyclic) bond motifs is 3. The summed E-state index contributed by atoms with van der Waals surface area (Å²) in [7, 11) is 0. The second-order valence-corrected chi connectivity index (χ2v) is 7.07. The van der Waals surface area contributed by atoms with Crippen LogP contribution in [0, 0.1) is 0 Å². The number of hydrogen-bond acceptors (Lipinski definition) is 6. The predicted molar refractivity (Wildman–Crippen MR) is 108 cm³/mol. The van der Waals surface area contributed by atoms with E-state index in [4.69, 9.17) is 9.47 Å². The van der Waals surface area contributed by atoms with Crippen molar-refractivity contribution in [1.82, 2.24) is 19.2 Å². The highest BCUT2D eigenvalue weighted by molar-refractivity contribution is 7.17. The molecule has 0 fully saturated rings. The van der Waals surface area contributed by atoms with Gasteiger partial charge in [-0.1, -0.05) is 6.07 Å². The summed E-state index contributed by atoms with van der Waals surface area (Å²) in [5, 5.41) is 8.29. The van der Waals surface area contributed by atoms with Crippen molar-refractivity contribution >= 4 is 27.3 Å². The van der Waals surface area contributed by atoms with E-state index in [1.54, 1.807) is 11.4 Å². The van der Waals surface area contributed by atoms with Crippen molar-refractivity contribution in [3.05, 3.63) is 56.0 Å². The molecule has 1 aromatic carbocycles. The fourth-order valence-corrected chi connectivity index (χ4v) is 4.06. The maximum absolute atomic E-state index is 12.9. The molecule has 0 aliphatic heterocycles. The van der Waals surface area contributed by atoms with E-state index in [1.807, 2.05) is 32.0 Å². The molecule has 0 bridgehead atoms. The molecule has 0 aliphatic carbocycles. The molecule has 4 rings (SSSR count). The van der Waals surface area contributed by atoms with Gasteiger partial charge in [0.05, 0.1) is 18.7 Å². The van der Waals surface area contributed by atoms with Gasteiger partial charge in [0.1, 0.15) is 4.70 Å². The Morgan fingerprint density at radius 2 is 1.89 bits per heavy atom. The van der Waals surface area contributed by atoms with Crippen LogP contribution in [-0.4, -0.2) is 32.4 Å². The number of aromatic amines is 1. The second kappa shape index (κ2) is 7.51. The molecule has 4 aromatic rings. The third kappa shape index (κ3) is 3.07. The number of thiophene rings is 1. The van der Waals surface area contributed by atoms with Crippen LogP contribution in [-0.2, 0) is 13.0 Å². The van der Waals surface area contributed by atoms with Gasteiger partial charge in [0, 0.05) is 6.54 Å². The Hall–Kier alpha value is -3.07. The third-order valence-electron chi connectivity index (χ3n) is 4.45. The van der Waals surface area contributed by atoms with Gasteiger partial charge in [-0.15, -0.1) is 16.4 Å². The van der Waals surface area contributed by atoms with Gasteiger partial charge in [-0.2, -0.15) is 0 Å². The Balaban J connectivity index is 1.71. The number of nitrogens with zero attached hydrogens (tertiary/aromatic N) is 3. The van der Waals surface area contributed by atoms with Crippen LogP contribution in [0.4, 0.5) is 0 Å². The van der Waals surface area contributed by atoms with Gasteiger partial charge in [0.25, 0.3) is 5.56 Å². The van der Waals surface area contributed by atoms with Crippen molar-refractivity contribution in [2.24, 2.45) is 0 Å². The molecule has 0 unspecified atom stereocenters. The van der Waals surface area contributed by atoms with Gasteiger partial charge in [0.15, 0.2) is 11.5 Å². The number of rotatable bonds is 7. The van der Waals surface area contributed by atoms with Gasteiger partial charge >= 0.3 is 5.69 Å². The Bertz CT molecular complexity index is 1250. The normalized spacial score (nSPS) is 11.4. The van der Waals surface area contributed by atoms with Gasteiger partial charge in [-0.3, -0.25) is 9.36 Å². The number of ether oxygens (including phenoxy) is 2. The molecule has 0 atom stereocenters. The Labute approximate surface area is 164 Å². The molecule has 28 heavy (non-hydrogen) atoms. The monoisotopic (exact) mass is 400 g/mol. The largest absolute Gasteiger partial charge is 0.490 e. The smallest absolute Gasteiger partial charge is 0.349 e. The lowest BCUT2D eigenvalue weighted by Gasteiger charge is -2.13. The summed E-state index contributed by atoms with van der Waals surface area (Å²) in [6.45, 7) is 5.33. The first-order valence-electron chi connectivity index (χ1n) is 9.09. The molecule has 3 heterocycles. The number of aryl methyl sites for hydroxylation is 2.